The maximum absolute atomic E-state index is 13.5. The van der Waals surface area contributed by atoms with E-state index in [0.717, 1.165) is 5.56 Å². The highest BCUT2D eigenvalue weighted by Crippen LogP contribution is 2.61. The van der Waals surface area contributed by atoms with Crippen LogP contribution in [0.3, 0.4) is 0 Å². The standard InChI is InChI=1S/C30H33ClF3N5O6/c1-17-13-38(27(42)43)21(14-45-17)18-3-5-19(6-4-18)39-23(31)11-20-24(39)35-16-37(25(20)40)15-29(44)7-9-36(10-8-29)26(41)28(2)12-22(28)30(32,33)34/h3-6,11,16-17,21-22,44H,7-10,12-15H2,1-2H3,(H,42,43)/t17-,21-,22-,28-/m1/s1. The molecular formula is C30H33ClF3N5O6. The second-order valence-corrected chi connectivity index (χ2v) is 13.0. The molecule has 3 aromatic rings. The van der Waals surface area contributed by atoms with Crippen molar-refractivity contribution in [1.82, 2.24) is 23.9 Å². The molecule has 3 aliphatic rings. The number of nitrogens with zero attached hydrogens (tertiary/aromatic N) is 5. The maximum Gasteiger partial charge on any atom is 0.407 e. The lowest BCUT2D eigenvalue weighted by Crippen LogP contribution is -2.51. The number of hydrogen-bond donors (Lipinski definition) is 2. The highest BCUT2D eigenvalue weighted by Gasteiger charge is 2.68. The molecule has 0 spiro atoms. The second-order valence-electron chi connectivity index (χ2n) is 12.6. The van der Waals surface area contributed by atoms with Gasteiger partial charge in [-0.05, 0) is 49.9 Å². The molecule has 2 aliphatic heterocycles. The van der Waals surface area contributed by atoms with Crippen LogP contribution in [0.1, 0.15) is 44.7 Å². The van der Waals surface area contributed by atoms with Crippen molar-refractivity contribution in [1.29, 1.82) is 0 Å². The molecule has 4 heterocycles. The Balaban J connectivity index is 1.17. The van der Waals surface area contributed by atoms with Gasteiger partial charge in [-0.15, -0.1) is 0 Å². The minimum Gasteiger partial charge on any atom is -0.465 e. The van der Waals surface area contributed by atoms with Crippen LogP contribution in [0.15, 0.2) is 41.5 Å². The van der Waals surface area contributed by atoms with E-state index >= 15 is 0 Å². The number of rotatable bonds is 5. The zero-order chi connectivity index (χ0) is 32.5. The van der Waals surface area contributed by atoms with Gasteiger partial charge in [-0.3, -0.25) is 23.6 Å². The molecule has 2 aromatic heterocycles. The van der Waals surface area contributed by atoms with Gasteiger partial charge in [0.1, 0.15) is 11.5 Å². The van der Waals surface area contributed by atoms with Gasteiger partial charge in [0.15, 0.2) is 5.65 Å². The van der Waals surface area contributed by atoms with E-state index in [1.165, 1.54) is 33.7 Å². The molecule has 11 nitrogen and oxygen atoms in total. The van der Waals surface area contributed by atoms with Crippen LogP contribution in [0.25, 0.3) is 16.7 Å². The number of benzene rings is 1. The predicted molar refractivity (Wildman–Crippen MR) is 156 cm³/mol. The first-order valence-electron chi connectivity index (χ1n) is 14.7. The molecule has 2 N–H and O–H groups in total. The Morgan fingerprint density at radius 3 is 2.44 bits per heavy atom. The predicted octanol–water partition coefficient (Wildman–Crippen LogP) is 4.22. The summed E-state index contributed by atoms with van der Waals surface area (Å²) in [6.07, 6.45) is -4.41. The number of amides is 2. The van der Waals surface area contributed by atoms with Crippen molar-refractivity contribution in [2.45, 2.75) is 63.6 Å². The van der Waals surface area contributed by atoms with Crippen LogP contribution in [0.5, 0.6) is 0 Å². The number of morpholine rings is 1. The van der Waals surface area contributed by atoms with Crippen molar-refractivity contribution in [3.63, 3.8) is 0 Å². The van der Waals surface area contributed by atoms with Gasteiger partial charge in [0.25, 0.3) is 5.56 Å². The minimum atomic E-state index is -4.42. The van der Waals surface area contributed by atoms with Crippen molar-refractivity contribution >= 4 is 34.6 Å². The molecular weight excluding hydrogens is 619 g/mol. The highest BCUT2D eigenvalue weighted by atomic mass is 35.5. The fraction of sp³-hybridized carbons (Fsp3) is 0.533. The highest BCUT2D eigenvalue weighted by molar-refractivity contribution is 6.31. The number of halogens is 4. The average molecular weight is 652 g/mol. The third-order valence-corrected chi connectivity index (χ3v) is 9.74. The van der Waals surface area contributed by atoms with E-state index in [4.69, 9.17) is 16.3 Å². The number of alkyl halides is 3. The largest absolute Gasteiger partial charge is 0.465 e. The monoisotopic (exact) mass is 651 g/mol. The van der Waals surface area contributed by atoms with E-state index in [2.05, 4.69) is 4.98 Å². The fourth-order valence-electron chi connectivity index (χ4n) is 6.62. The topological polar surface area (TPSA) is 130 Å². The van der Waals surface area contributed by atoms with E-state index in [9.17, 15) is 37.8 Å². The summed E-state index contributed by atoms with van der Waals surface area (Å²) in [5, 5.41) is 21.4. The summed E-state index contributed by atoms with van der Waals surface area (Å²) in [5.41, 5.74) is -1.63. The lowest BCUT2D eigenvalue weighted by molar-refractivity contribution is -0.165. The molecule has 4 atom stereocenters. The summed E-state index contributed by atoms with van der Waals surface area (Å²) in [7, 11) is 0. The van der Waals surface area contributed by atoms with Crippen molar-refractivity contribution in [2.75, 3.05) is 26.2 Å². The fourth-order valence-corrected chi connectivity index (χ4v) is 6.91. The zero-order valence-corrected chi connectivity index (χ0v) is 25.4. The van der Waals surface area contributed by atoms with Crippen molar-refractivity contribution < 1.29 is 37.7 Å². The number of carbonyl (C=O) groups excluding carboxylic acids is 1. The first kappa shape index (κ1) is 31.4. The number of likely N-dealkylation sites (tertiary alicyclic amines) is 1. The molecule has 0 bridgehead atoms. The van der Waals surface area contributed by atoms with Crippen LogP contribution in [0, 0.1) is 11.3 Å². The van der Waals surface area contributed by atoms with Crippen LogP contribution in [-0.2, 0) is 16.1 Å². The Kier molecular flexibility index (Phi) is 7.68. The molecule has 45 heavy (non-hydrogen) atoms. The molecule has 3 fully saturated rings. The lowest BCUT2D eigenvalue weighted by Gasteiger charge is -2.39. The van der Waals surface area contributed by atoms with E-state index in [1.807, 2.05) is 6.92 Å². The van der Waals surface area contributed by atoms with Crippen molar-refractivity contribution in [2.24, 2.45) is 11.3 Å². The number of aliphatic hydroxyl groups is 1. The molecule has 0 radical (unpaired) electrons. The third-order valence-electron chi connectivity index (χ3n) is 9.46. The molecule has 242 valence electrons. The van der Waals surface area contributed by atoms with Gasteiger partial charge in [0, 0.05) is 18.8 Å². The van der Waals surface area contributed by atoms with Gasteiger partial charge >= 0.3 is 12.3 Å². The summed E-state index contributed by atoms with van der Waals surface area (Å²) in [6.45, 7) is 3.66. The van der Waals surface area contributed by atoms with Gasteiger partial charge in [0.05, 0.1) is 54.2 Å². The number of piperidine rings is 1. The third kappa shape index (κ3) is 5.67. The number of carbonyl (C=O) groups is 2. The summed E-state index contributed by atoms with van der Waals surface area (Å²) in [4.78, 5) is 45.3. The van der Waals surface area contributed by atoms with Crippen LogP contribution in [0.2, 0.25) is 5.15 Å². The number of aromatic nitrogens is 3. The number of fused-ring (bicyclic) bond motifs is 1. The smallest absolute Gasteiger partial charge is 0.407 e. The lowest BCUT2D eigenvalue weighted by atomic mass is 9.90. The van der Waals surface area contributed by atoms with Crippen LogP contribution >= 0.6 is 11.6 Å². The first-order chi connectivity index (χ1) is 21.1. The first-order valence-corrected chi connectivity index (χ1v) is 15.1. The number of carboxylic acid groups (broad SMARTS) is 1. The van der Waals surface area contributed by atoms with Gasteiger partial charge in [0.2, 0.25) is 5.91 Å². The summed E-state index contributed by atoms with van der Waals surface area (Å²) in [5.74, 6) is -2.21. The van der Waals surface area contributed by atoms with Crippen molar-refractivity contribution in [3.05, 3.63) is 57.7 Å². The number of hydrogen-bond acceptors (Lipinski definition) is 6. The Bertz CT molecular complexity index is 1700. The quantitative estimate of drug-likeness (QED) is 0.423. The molecule has 1 aliphatic carbocycles. The Hall–Kier alpha value is -3.62. The van der Waals surface area contributed by atoms with Gasteiger partial charge < -0.3 is 19.8 Å². The van der Waals surface area contributed by atoms with Crippen LogP contribution in [0.4, 0.5) is 18.0 Å². The SMILES string of the molecule is C[C@@H]1CN(C(=O)O)[C@@H](c2ccc(-n3c(Cl)cc4c(=O)n(CC5(O)CCN(C(=O)[C@]6(C)C[C@H]6C(F)(F)F)CC5)cnc43)cc2)CO1. The molecule has 2 saturated heterocycles. The van der Waals surface area contributed by atoms with Crippen molar-refractivity contribution in [3.8, 4) is 5.69 Å². The van der Waals surface area contributed by atoms with E-state index in [-0.39, 0.29) is 68.7 Å². The maximum atomic E-state index is 13.5. The molecule has 15 heteroatoms. The Labute approximate surface area is 260 Å². The molecule has 1 saturated carbocycles. The Morgan fingerprint density at radius 1 is 1.18 bits per heavy atom. The van der Waals surface area contributed by atoms with Gasteiger partial charge in [-0.1, -0.05) is 30.7 Å². The normalized spacial score (nSPS) is 26.7. The average Bonchev–Trinajstić information content (AvgIpc) is 3.59. The minimum absolute atomic E-state index is 0.0777. The van der Waals surface area contributed by atoms with Crippen LogP contribution in [-0.4, -0.2) is 90.3 Å². The Morgan fingerprint density at radius 2 is 1.84 bits per heavy atom. The molecule has 2 amide bonds. The van der Waals surface area contributed by atoms with E-state index < -0.39 is 46.7 Å². The molecule has 6 rings (SSSR count). The summed E-state index contributed by atoms with van der Waals surface area (Å²) >= 11 is 6.55. The molecule has 0 unspecified atom stereocenters. The summed E-state index contributed by atoms with van der Waals surface area (Å²) < 4.78 is 48.0. The molecule has 1 aromatic carbocycles. The van der Waals surface area contributed by atoms with Gasteiger partial charge in [-0.2, -0.15) is 13.2 Å². The summed E-state index contributed by atoms with van der Waals surface area (Å²) in [6, 6.07) is 8.07. The van der Waals surface area contributed by atoms with E-state index in [1.54, 1.807) is 28.8 Å². The van der Waals surface area contributed by atoms with E-state index in [0.29, 0.717) is 11.3 Å². The number of ether oxygens (including phenoxy) is 1. The second kappa shape index (κ2) is 11.0. The van der Waals surface area contributed by atoms with Crippen LogP contribution < -0.4 is 5.56 Å². The zero-order valence-electron chi connectivity index (χ0n) is 24.6. The van der Waals surface area contributed by atoms with Gasteiger partial charge in [-0.25, -0.2) is 9.78 Å².